The summed E-state index contributed by atoms with van der Waals surface area (Å²) in [6.07, 6.45) is 1.78. The van der Waals surface area contributed by atoms with Gasteiger partial charge >= 0.3 is 5.97 Å². The maximum Gasteiger partial charge on any atom is 0.326 e. The number of amides is 4. The van der Waals surface area contributed by atoms with Crippen molar-refractivity contribution >= 4 is 29.6 Å². The Bertz CT molecular complexity index is 2060. The number of hydrogen-bond acceptors (Lipinski definition) is 10. The third-order valence-corrected chi connectivity index (χ3v) is 10.5. The third-order valence-electron chi connectivity index (χ3n) is 10.5. The Morgan fingerprint density at radius 2 is 1.67 bits per heavy atom. The quantitative estimate of drug-likeness (QED) is 0.149. The van der Waals surface area contributed by atoms with Gasteiger partial charge in [0.25, 0.3) is 0 Å². The van der Waals surface area contributed by atoms with Gasteiger partial charge in [-0.25, -0.2) is 9.48 Å². The first-order chi connectivity index (χ1) is 27.9. The molecule has 4 amide bonds. The van der Waals surface area contributed by atoms with E-state index in [1.807, 2.05) is 30.3 Å². The Morgan fingerprint density at radius 1 is 0.948 bits per heavy atom. The van der Waals surface area contributed by atoms with Crippen LogP contribution in [0.3, 0.4) is 0 Å². The molecule has 3 aliphatic rings. The highest BCUT2D eigenvalue weighted by molar-refractivity contribution is 5.96. The lowest BCUT2D eigenvalue weighted by atomic mass is 10.0. The van der Waals surface area contributed by atoms with Crippen molar-refractivity contribution in [3.8, 4) is 11.5 Å². The number of aliphatic carboxylic acids is 1. The fourth-order valence-electron chi connectivity index (χ4n) is 6.92. The molecular formula is C42H50N8O8. The van der Waals surface area contributed by atoms with E-state index in [4.69, 9.17) is 9.47 Å². The average Bonchev–Trinajstić information content (AvgIpc) is 3.89. The second-order valence-corrected chi connectivity index (χ2v) is 15.0. The minimum Gasteiger partial charge on any atom is -0.489 e. The first kappa shape index (κ1) is 41.3. The Kier molecular flexibility index (Phi) is 13.4. The molecule has 5 N–H and O–H groups in total. The van der Waals surface area contributed by atoms with E-state index >= 15 is 0 Å². The first-order valence-electron chi connectivity index (χ1n) is 19.4. The number of benzene rings is 3. The topological polar surface area (TPSA) is 206 Å². The van der Waals surface area contributed by atoms with Gasteiger partial charge in [0.2, 0.25) is 23.6 Å². The molecule has 4 aromatic rings. The highest BCUT2D eigenvalue weighted by Gasteiger charge is 2.45. The highest BCUT2D eigenvalue weighted by atomic mass is 16.5. The van der Waals surface area contributed by atoms with Crippen LogP contribution in [0.2, 0.25) is 0 Å². The van der Waals surface area contributed by atoms with Gasteiger partial charge in [0.05, 0.1) is 18.3 Å². The van der Waals surface area contributed by atoms with Gasteiger partial charge in [-0.3, -0.25) is 19.2 Å². The highest BCUT2D eigenvalue weighted by Crippen LogP contribution is 2.29. The summed E-state index contributed by atoms with van der Waals surface area (Å²) in [4.78, 5) is 69.9. The lowest BCUT2D eigenvalue weighted by molar-refractivity contribution is -0.144. The van der Waals surface area contributed by atoms with Gasteiger partial charge in [-0.2, -0.15) is 0 Å². The number of ether oxygens (including phenoxy) is 2. The zero-order valence-corrected chi connectivity index (χ0v) is 33.0. The molecule has 306 valence electrons. The molecule has 0 aliphatic carbocycles. The molecule has 6 atom stereocenters. The predicted octanol–water partition coefficient (Wildman–Crippen LogP) is 2.18. The van der Waals surface area contributed by atoms with E-state index in [0.717, 1.165) is 5.56 Å². The fourth-order valence-corrected chi connectivity index (χ4v) is 6.92. The van der Waals surface area contributed by atoms with Crippen molar-refractivity contribution in [2.75, 3.05) is 13.6 Å². The molecule has 0 unspecified atom stereocenters. The Labute approximate surface area is 336 Å². The number of carbonyl (C=O) groups is 5. The molecule has 3 aliphatic heterocycles. The molecule has 4 heterocycles. The predicted molar refractivity (Wildman–Crippen MR) is 211 cm³/mol. The first-order valence-corrected chi connectivity index (χ1v) is 19.4. The lowest BCUT2D eigenvalue weighted by Gasteiger charge is -2.32. The van der Waals surface area contributed by atoms with Crippen LogP contribution in [0.1, 0.15) is 55.6 Å². The molecule has 16 heteroatoms. The number of likely N-dealkylation sites (N-methyl/N-ethyl adjacent to an activating group) is 1. The molecule has 0 saturated carbocycles. The minimum absolute atomic E-state index is 0.00196. The monoisotopic (exact) mass is 794 g/mol. The second kappa shape index (κ2) is 18.8. The van der Waals surface area contributed by atoms with Gasteiger partial charge in [-0.1, -0.05) is 73.7 Å². The van der Waals surface area contributed by atoms with Gasteiger partial charge in [0.1, 0.15) is 54.6 Å². The van der Waals surface area contributed by atoms with Crippen molar-refractivity contribution in [3.63, 3.8) is 0 Å². The average molecular weight is 795 g/mol. The van der Waals surface area contributed by atoms with Crippen molar-refractivity contribution in [2.24, 2.45) is 5.92 Å². The van der Waals surface area contributed by atoms with E-state index in [1.165, 1.54) is 4.90 Å². The van der Waals surface area contributed by atoms with Crippen molar-refractivity contribution in [2.45, 2.75) is 89.5 Å². The summed E-state index contributed by atoms with van der Waals surface area (Å²) >= 11 is 0. The number of carboxylic acids is 1. The molecule has 1 saturated heterocycles. The molecule has 1 aromatic heterocycles. The van der Waals surface area contributed by atoms with Crippen LogP contribution in [0.4, 0.5) is 0 Å². The summed E-state index contributed by atoms with van der Waals surface area (Å²) in [6, 6.07) is 17.9. The summed E-state index contributed by atoms with van der Waals surface area (Å²) in [7, 11) is 1.64. The van der Waals surface area contributed by atoms with E-state index in [1.54, 1.807) is 87.2 Å². The number of hydrogen-bond donors (Lipinski definition) is 5. The van der Waals surface area contributed by atoms with Crippen LogP contribution in [-0.4, -0.2) is 98.4 Å². The standard InChI is InChI=1S/C42H50N8O8/c1-25(2)37(46-38(51)26(3)43-4)41(54)49-22-31-20-36(49)40(53)44-34(18-27-10-14-32(15-11-27)57-23-29-8-6-5-7-9-29)39(52)45-35(42(55)56)19-28-12-16-33(17-13-28)58-24-30-21-50(31)48-47-30/h5-17,21,25-26,31,34-37,43H,18-20,22-24H2,1-4H3,(H,44,53)(H,45,52)(H,46,51)(H,55,56)/t26-,31-,34-,35-,36-,37-/m0/s1. The second-order valence-electron chi connectivity index (χ2n) is 15.0. The van der Waals surface area contributed by atoms with Gasteiger partial charge in [0.15, 0.2) is 0 Å². The molecule has 3 aromatic carbocycles. The normalized spacial score (nSPS) is 20.7. The van der Waals surface area contributed by atoms with Crippen molar-refractivity contribution in [3.05, 3.63) is 107 Å². The zero-order chi connectivity index (χ0) is 41.3. The summed E-state index contributed by atoms with van der Waals surface area (Å²) in [5, 5.41) is 30.0. The van der Waals surface area contributed by atoms with Crippen LogP contribution >= 0.6 is 0 Å². The summed E-state index contributed by atoms with van der Waals surface area (Å²) in [6.45, 7) is 5.78. The van der Waals surface area contributed by atoms with Gasteiger partial charge in [0, 0.05) is 25.8 Å². The summed E-state index contributed by atoms with van der Waals surface area (Å²) in [5.41, 5.74) is 2.81. The van der Waals surface area contributed by atoms with Gasteiger partial charge < -0.3 is 40.7 Å². The number of carboxylic acid groups (broad SMARTS) is 1. The third kappa shape index (κ3) is 10.4. The number of nitrogens with zero attached hydrogens (tertiary/aromatic N) is 4. The molecule has 1 fully saturated rings. The van der Waals surface area contributed by atoms with Crippen LogP contribution in [0.15, 0.2) is 85.1 Å². The van der Waals surface area contributed by atoms with Gasteiger partial charge in [-0.05, 0) is 60.8 Å². The van der Waals surface area contributed by atoms with Gasteiger partial charge in [-0.15, -0.1) is 5.10 Å². The van der Waals surface area contributed by atoms with E-state index in [-0.39, 0.29) is 44.2 Å². The number of nitrogens with one attached hydrogen (secondary N) is 4. The summed E-state index contributed by atoms with van der Waals surface area (Å²) in [5.74, 6) is -2.66. The van der Waals surface area contributed by atoms with Crippen LogP contribution in [-0.2, 0) is 50.0 Å². The maximum atomic E-state index is 14.5. The smallest absolute Gasteiger partial charge is 0.326 e. The molecule has 0 spiro atoms. The molecule has 58 heavy (non-hydrogen) atoms. The Hall–Kier alpha value is -6.29. The van der Waals surface area contributed by atoms with E-state index in [0.29, 0.717) is 34.9 Å². The SMILES string of the molecule is CN[C@@H](C)C(=O)N[C@H](C(=O)N1C[C@@H]2C[C@H]1C(=O)N[C@@H](Cc1ccc(OCc3ccccc3)cc1)C(=O)N[C@H](C(=O)O)Cc1ccc(cc1)OCc1cn2nn1)C(C)C. The molecule has 16 nitrogen and oxygen atoms in total. The fraction of sp³-hybridized carbons (Fsp3) is 0.405. The van der Waals surface area contributed by atoms with Crippen LogP contribution in [0.25, 0.3) is 0 Å². The number of carbonyl (C=O) groups excluding carboxylic acids is 4. The Balaban J connectivity index is 1.31. The number of fused-ring (bicyclic) bond motifs is 9. The number of rotatable bonds is 11. The van der Waals surface area contributed by atoms with Crippen molar-refractivity contribution < 1.29 is 38.6 Å². The number of likely N-dealkylation sites (tertiary alicyclic amines) is 1. The van der Waals surface area contributed by atoms with E-state index < -0.39 is 59.9 Å². The largest absolute Gasteiger partial charge is 0.489 e. The summed E-state index contributed by atoms with van der Waals surface area (Å²) < 4.78 is 13.5. The molecule has 7 rings (SSSR count). The van der Waals surface area contributed by atoms with Crippen molar-refractivity contribution in [1.29, 1.82) is 0 Å². The minimum atomic E-state index is -1.33. The van der Waals surface area contributed by atoms with E-state index in [2.05, 4.69) is 31.6 Å². The van der Waals surface area contributed by atoms with Crippen LogP contribution < -0.4 is 30.7 Å². The lowest BCUT2D eigenvalue weighted by Crippen LogP contribution is -2.59. The van der Waals surface area contributed by atoms with E-state index in [9.17, 15) is 29.1 Å². The number of aromatic nitrogens is 3. The van der Waals surface area contributed by atoms with Crippen molar-refractivity contribution in [1.82, 2.24) is 41.2 Å². The Morgan fingerprint density at radius 3 is 2.34 bits per heavy atom. The zero-order valence-electron chi connectivity index (χ0n) is 33.0. The molecule has 0 radical (unpaired) electrons. The molecule has 6 bridgehead atoms. The molecular weight excluding hydrogens is 745 g/mol. The maximum absolute atomic E-state index is 14.5. The van der Waals surface area contributed by atoms with Crippen LogP contribution in [0.5, 0.6) is 11.5 Å². The van der Waals surface area contributed by atoms with Crippen LogP contribution in [0, 0.1) is 5.92 Å².